The van der Waals surface area contributed by atoms with E-state index in [1.165, 1.54) is 10.2 Å². The minimum Gasteiger partial charge on any atom is -0.462 e. The van der Waals surface area contributed by atoms with E-state index >= 15 is 0 Å². The molecule has 1 aromatic carbocycles. The fourth-order valence-corrected chi connectivity index (χ4v) is 4.12. The van der Waals surface area contributed by atoms with Gasteiger partial charge in [-0.05, 0) is 65.3 Å². The van der Waals surface area contributed by atoms with E-state index in [1.807, 2.05) is 59.9 Å². The fraction of sp³-hybridized carbons (Fsp3) is 0.419. The minimum absolute atomic E-state index is 0.318. The van der Waals surface area contributed by atoms with Crippen LogP contribution >= 0.6 is 0 Å². The second-order valence-corrected chi connectivity index (χ2v) is 12.0. The number of rotatable bonds is 6. The van der Waals surface area contributed by atoms with Crippen molar-refractivity contribution >= 4 is 35.0 Å². The van der Waals surface area contributed by atoms with Crippen LogP contribution in [0.2, 0.25) is 0 Å². The van der Waals surface area contributed by atoms with Crippen LogP contribution in [-0.2, 0) is 25.5 Å². The summed E-state index contributed by atoms with van der Waals surface area (Å²) in [5.41, 5.74) is 3.93. The Morgan fingerprint density at radius 2 is 1.76 bits per heavy atom. The second-order valence-electron chi connectivity index (χ2n) is 12.0. The molecule has 0 bridgehead atoms. The van der Waals surface area contributed by atoms with E-state index in [1.54, 1.807) is 12.4 Å². The molecule has 4 heterocycles. The number of hydrogen-bond acceptors (Lipinski definition) is 9. The van der Waals surface area contributed by atoms with Gasteiger partial charge < -0.3 is 24.5 Å². The van der Waals surface area contributed by atoms with Crippen LogP contribution in [0, 0.1) is 0 Å². The number of nitrogens with one attached hydrogen (secondary N) is 2. The van der Waals surface area contributed by atoms with Crippen molar-refractivity contribution in [2.24, 2.45) is 0 Å². The third-order valence-electron chi connectivity index (χ3n) is 6.12. The highest BCUT2D eigenvalue weighted by molar-refractivity contribution is 5.87. The third-order valence-corrected chi connectivity index (χ3v) is 6.12. The van der Waals surface area contributed by atoms with Gasteiger partial charge in [0.1, 0.15) is 17.0 Å². The average molecular weight is 577 g/mol. The van der Waals surface area contributed by atoms with Gasteiger partial charge in [-0.3, -0.25) is 9.69 Å². The van der Waals surface area contributed by atoms with E-state index in [9.17, 15) is 9.59 Å². The number of fused-ring (bicyclic) bond motifs is 1. The van der Waals surface area contributed by atoms with Crippen LogP contribution in [-0.4, -0.2) is 74.7 Å². The Kier molecular flexibility index (Phi) is 9.64. The summed E-state index contributed by atoms with van der Waals surface area (Å²) in [6, 6.07) is 12.4. The van der Waals surface area contributed by atoms with Gasteiger partial charge in [-0.1, -0.05) is 12.1 Å². The summed E-state index contributed by atoms with van der Waals surface area (Å²) >= 11 is 0. The molecule has 11 heteroatoms. The molecule has 42 heavy (non-hydrogen) atoms. The zero-order valence-corrected chi connectivity index (χ0v) is 25.1. The standard InChI is InChI=1S/C26H30N6O3.C5H10O2/c1-26(2,3)35-25(33)32-17-20(15-28-32)22-12-19-14-27-24(13-23(19)30-22)29-21-6-4-18(5-7-21)16-31-8-10-34-11-9-31;1-5(2,3)7-4-6/h4-7,12-15,17,30H,8-11,16H2,1-3H3,(H,27,29);4H,1-3H3. The normalized spacial score (nSPS) is 14.1. The predicted octanol–water partition coefficient (Wildman–Crippen LogP) is 5.74. The molecular weight excluding hydrogens is 536 g/mol. The number of carbonyl (C=O) groups is 2. The van der Waals surface area contributed by atoms with E-state index < -0.39 is 11.7 Å². The lowest BCUT2D eigenvalue weighted by atomic mass is 10.2. The Labute approximate surface area is 246 Å². The first-order valence-electron chi connectivity index (χ1n) is 13.9. The SMILES string of the molecule is CC(C)(C)OC(=O)n1cc(-c2cc3cnc(Nc4ccc(CN5CCOCC5)cc4)cc3[nH]2)cn1.CC(C)(C)OC=O. The first-order valence-corrected chi connectivity index (χ1v) is 13.9. The van der Waals surface area contributed by atoms with E-state index in [0.717, 1.165) is 66.5 Å². The number of morpholine rings is 1. The Morgan fingerprint density at radius 1 is 1.05 bits per heavy atom. The Hall–Kier alpha value is -4.22. The number of benzene rings is 1. The van der Waals surface area contributed by atoms with Crippen molar-refractivity contribution in [3.05, 3.63) is 60.6 Å². The molecular formula is C31H40N6O5. The lowest BCUT2D eigenvalue weighted by Crippen LogP contribution is -2.35. The number of aromatic nitrogens is 4. The maximum atomic E-state index is 12.3. The lowest BCUT2D eigenvalue weighted by molar-refractivity contribution is -0.138. The quantitative estimate of drug-likeness (QED) is 0.276. The number of H-pyrrole nitrogens is 1. The minimum atomic E-state index is -0.581. The van der Waals surface area contributed by atoms with Gasteiger partial charge in [0.15, 0.2) is 0 Å². The van der Waals surface area contributed by atoms with Gasteiger partial charge in [0, 0.05) is 60.4 Å². The third kappa shape index (κ3) is 9.15. The number of nitrogens with zero attached hydrogens (tertiary/aromatic N) is 4. The monoisotopic (exact) mass is 576 g/mol. The number of anilines is 2. The van der Waals surface area contributed by atoms with Crippen molar-refractivity contribution in [1.82, 2.24) is 24.6 Å². The molecule has 5 rings (SSSR count). The van der Waals surface area contributed by atoms with Gasteiger partial charge >= 0.3 is 6.09 Å². The van der Waals surface area contributed by atoms with Gasteiger partial charge in [-0.25, -0.2) is 9.78 Å². The molecule has 0 atom stereocenters. The molecule has 1 fully saturated rings. The van der Waals surface area contributed by atoms with Crippen molar-refractivity contribution in [3.63, 3.8) is 0 Å². The van der Waals surface area contributed by atoms with Gasteiger partial charge in [-0.2, -0.15) is 9.78 Å². The zero-order chi connectivity index (χ0) is 30.3. The summed E-state index contributed by atoms with van der Waals surface area (Å²) in [5, 5.41) is 8.49. The Morgan fingerprint density at radius 3 is 2.38 bits per heavy atom. The fourth-order valence-electron chi connectivity index (χ4n) is 4.12. The predicted molar refractivity (Wildman–Crippen MR) is 162 cm³/mol. The first kappa shape index (κ1) is 30.7. The number of ether oxygens (including phenoxy) is 3. The number of pyridine rings is 1. The molecule has 2 N–H and O–H groups in total. The van der Waals surface area contributed by atoms with Crippen LogP contribution < -0.4 is 5.32 Å². The molecule has 11 nitrogen and oxygen atoms in total. The number of hydrogen-bond donors (Lipinski definition) is 2. The summed E-state index contributed by atoms with van der Waals surface area (Å²) in [6.45, 7) is 15.9. The van der Waals surface area contributed by atoms with E-state index in [4.69, 9.17) is 9.47 Å². The molecule has 224 valence electrons. The molecule has 0 spiro atoms. The summed E-state index contributed by atoms with van der Waals surface area (Å²) in [4.78, 5) is 32.2. The topological polar surface area (TPSA) is 124 Å². The highest BCUT2D eigenvalue weighted by Crippen LogP contribution is 2.26. The maximum Gasteiger partial charge on any atom is 0.435 e. The van der Waals surface area contributed by atoms with Crippen LogP contribution in [0.4, 0.5) is 16.3 Å². The van der Waals surface area contributed by atoms with Crippen molar-refractivity contribution in [3.8, 4) is 11.3 Å². The lowest BCUT2D eigenvalue weighted by Gasteiger charge is -2.26. The van der Waals surface area contributed by atoms with E-state index in [0.29, 0.717) is 6.47 Å². The maximum absolute atomic E-state index is 12.3. The van der Waals surface area contributed by atoms with Gasteiger partial charge in [0.2, 0.25) is 0 Å². The Bertz CT molecular complexity index is 1470. The highest BCUT2D eigenvalue weighted by Gasteiger charge is 2.19. The molecule has 0 saturated carbocycles. The van der Waals surface area contributed by atoms with E-state index in [-0.39, 0.29) is 5.60 Å². The smallest absolute Gasteiger partial charge is 0.435 e. The number of carbonyl (C=O) groups excluding carboxylic acids is 2. The van der Waals surface area contributed by atoms with Gasteiger partial charge in [0.25, 0.3) is 6.47 Å². The van der Waals surface area contributed by atoms with Crippen molar-refractivity contribution < 1.29 is 23.8 Å². The second kappa shape index (κ2) is 13.2. The van der Waals surface area contributed by atoms with Crippen LogP contribution in [0.5, 0.6) is 0 Å². The largest absolute Gasteiger partial charge is 0.462 e. The summed E-state index contributed by atoms with van der Waals surface area (Å²) in [7, 11) is 0. The molecule has 1 aliphatic heterocycles. The zero-order valence-electron chi connectivity index (χ0n) is 25.1. The van der Waals surface area contributed by atoms with E-state index in [2.05, 4.69) is 54.3 Å². The molecule has 3 aromatic heterocycles. The molecule has 0 unspecified atom stereocenters. The van der Waals surface area contributed by atoms with Crippen LogP contribution in [0.1, 0.15) is 47.1 Å². The van der Waals surface area contributed by atoms with Crippen molar-refractivity contribution in [1.29, 1.82) is 0 Å². The van der Waals surface area contributed by atoms with Crippen LogP contribution in [0.25, 0.3) is 22.2 Å². The molecule has 0 radical (unpaired) electrons. The molecule has 1 saturated heterocycles. The molecule has 1 aliphatic rings. The summed E-state index contributed by atoms with van der Waals surface area (Å²) < 4.78 is 16.6. The van der Waals surface area contributed by atoms with Crippen LogP contribution in [0.3, 0.4) is 0 Å². The van der Waals surface area contributed by atoms with Crippen LogP contribution in [0.15, 0.2) is 55.0 Å². The number of aromatic amines is 1. The average Bonchev–Trinajstić information content (AvgIpc) is 3.57. The Balaban J connectivity index is 0.000000517. The van der Waals surface area contributed by atoms with Gasteiger partial charge in [0.05, 0.1) is 24.9 Å². The summed E-state index contributed by atoms with van der Waals surface area (Å²) in [5.74, 6) is 0.747. The van der Waals surface area contributed by atoms with Gasteiger partial charge in [-0.15, -0.1) is 0 Å². The molecule has 0 aliphatic carbocycles. The highest BCUT2D eigenvalue weighted by atomic mass is 16.6. The molecule has 0 amide bonds. The van der Waals surface area contributed by atoms with Crippen molar-refractivity contribution in [2.45, 2.75) is 59.3 Å². The first-order chi connectivity index (χ1) is 19.9. The summed E-state index contributed by atoms with van der Waals surface area (Å²) in [6.07, 6.45) is 4.61. The van der Waals surface area contributed by atoms with Crippen molar-refractivity contribution in [2.75, 3.05) is 31.6 Å². The molecule has 4 aromatic rings.